The number of hydrogen-bond donors (Lipinski definition) is 1. The van der Waals surface area contributed by atoms with Gasteiger partial charge in [-0.25, -0.2) is 0 Å². The van der Waals surface area contributed by atoms with Crippen LogP contribution < -0.4 is 5.32 Å². The molecule has 1 heterocycles. The van der Waals surface area contributed by atoms with Gasteiger partial charge in [0.25, 0.3) is 0 Å². The molecule has 1 N–H and O–H groups in total. The van der Waals surface area contributed by atoms with Crippen molar-refractivity contribution in [2.24, 2.45) is 5.92 Å². The van der Waals surface area contributed by atoms with E-state index >= 15 is 0 Å². The lowest BCUT2D eigenvalue weighted by atomic mass is 10.1. The zero-order valence-corrected chi connectivity index (χ0v) is 9.58. The molecule has 0 aromatic carbocycles. The van der Waals surface area contributed by atoms with E-state index in [9.17, 15) is 0 Å². The first-order valence-electron chi connectivity index (χ1n) is 5.61. The molecule has 0 aliphatic carbocycles. The van der Waals surface area contributed by atoms with Gasteiger partial charge in [0.1, 0.15) is 0 Å². The summed E-state index contributed by atoms with van der Waals surface area (Å²) in [6.07, 6.45) is 1.46. The van der Waals surface area contributed by atoms with Crippen molar-refractivity contribution in [2.45, 2.75) is 39.3 Å². The first-order chi connectivity index (χ1) is 6.68. The average Bonchev–Trinajstić information content (AvgIpc) is 2.63. The highest BCUT2D eigenvalue weighted by molar-refractivity contribution is 4.65. The summed E-state index contributed by atoms with van der Waals surface area (Å²) in [5.41, 5.74) is 0. The Kier molecular flexibility index (Phi) is 5.45. The zero-order chi connectivity index (χ0) is 10.4. The second-order valence-electron chi connectivity index (χ2n) is 4.44. The van der Waals surface area contributed by atoms with Crippen LogP contribution >= 0.6 is 0 Å². The minimum atomic E-state index is 0.304. The molecule has 1 saturated heterocycles. The van der Waals surface area contributed by atoms with E-state index < -0.39 is 0 Å². The summed E-state index contributed by atoms with van der Waals surface area (Å²) in [7, 11) is 0. The van der Waals surface area contributed by atoms with Crippen molar-refractivity contribution in [3.63, 3.8) is 0 Å². The van der Waals surface area contributed by atoms with Gasteiger partial charge >= 0.3 is 0 Å². The van der Waals surface area contributed by atoms with E-state index in [1.165, 1.54) is 0 Å². The zero-order valence-electron chi connectivity index (χ0n) is 9.58. The molecular weight excluding hydrogens is 178 g/mol. The number of nitrogens with one attached hydrogen (secondary N) is 1. The van der Waals surface area contributed by atoms with Crippen molar-refractivity contribution in [1.29, 1.82) is 0 Å². The quantitative estimate of drug-likeness (QED) is 0.705. The minimum absolute atomic E-state index is 0.304. The van der Waals surface area contributed by atoms with Crippen LogP contribution in [0.4, 0.5) is 0 Å². The Labute approximate surface area is 87.2 Å². The van der Waals surface area contributed by atoms with Crippen molar-refractivity contribution in [3.05, 3.63) is 0 Å². The van der Waals surface area contributed by atoms with Crippen LogP contribution in [-0.2, 0) is 9.47 Å². The summed E-state index contributed by atoms with van der Waals surface area (Å²) in [5, 5.41) is 3.36. The molecule has 2 unspecified atom stereocenters. The van der Waals surface area contributed by atoms with Gasteiger partial charge in [0.05, 0.1) is 19.3 Å². The van der Waals surface area contributed by atoms with E-state index in [1.54, 1.807) is 0 Å². The fourth-order valence-electron chi connectivity index (χ4n) is 1.48. The summed E-state index contributed by atoms with van der Waals surface area (Å²) in [6, 6.07) is 0.538. The van der Waals surface area contributed by atoms with Crippen LogP contribution in [0.2, 0.25) is 0 Å². The van der Waals surface area contributed by atoms with E-state index in [1.807, 2.05) is 0 Å². The number of hydrogen-bond acceptors (Lipinski definition) is 3. The highest BCUT2D eigenvalue weighted by Gasteiger charge is 2.16. The summed E-state index contributed by atoms with van der Waals surface area (Å²) >= 11 is 0. The average molecular weight is 201 g/mol. The monoisotopic (exact) mass is 201 g/mol. The Hall–Kier alpha value is -0.120. The van der Waals surface area contributed by atoms with Crippen LogP contribution in [0, 0.1) is 5.92 Å². The molecule has 0 bridgehead atoms. The molecule has 1 rings (SSSR count). The maximum absolute atomic E-state index is 5.73. The Morgan fingerprint density at radius 3 is 2.79 bits per heavy atom. The molecule has 2 atom stereocenters. The Balaban J connectivity index is 1.99. The smallest absolute Gasteiger partial charge is 0.0671 e. The SMILES string of the molecule is CC(C)NCC(C)OCC1CCOC1. The number of rotatable bonds is 6. The second-order valence-corrected chi connectivity index (χ2v) is 4.44. The van der Waals surface area contributed by atoms with Gasteiger partial charge in [-0.15, -0.1) is 0 Å². The van der Waals surface area contributed by atoms with E-state index in [-0.39, 0.29) is 0 Å². The van der Waals surface area contributed by atoms with E-state index in [0.717, 1.165) is 32.8 Å². The molecule has 1 aliphatic rings. The van der Waals surface area contributed by atoms with Gasteiger partial charge in [-0.3, -0.25) is 0 Å². The van der Waals surface area contributed by atoms with Crippen molar-refractivity contribution in [2.75, 3.05) is 26.4 Å². The predicted molar refractivity (Wildman–Crippen MR) is 57.5 cm³/mol. The van der Waals surface area contributed by atoms with E-state index in [0.29, 0.717) is 18.1 Å². The fourth-order valence-corrected chi connectivity index (χ4v) is 1.48. The highest BCUT2D eigenvalue weighted by atomic mass is 16.5. The Morgan fingerprint density at radius 2 is 2.21 bits per heavy atom. The van der Waals surface area contributed by atoms with Crippen molar-refractivity contribution < 1.29 is 9.47 Å². The normalized spacial score (nSPS) is 24.4. The third-order valence-corrected chi connectivity index (χ3v) is 2.45. The summed E-state index contributed by atoms with van der Waals surface area (Å²) in [6.45, 7) is 9.99. The fraction of sp³-hybridized carbons (Fsp3) is 1.00. The minimum Gasteiger partial charge on any atom is -0.381 e. The maximum atomic E-state index is 5.73. The molecule has 84 valence electrons. The molecule has 1 aliphatic heterocycles. The second kappa shape index (κ2) is 6.38. The molecule has 3 heteroatoms. The van der Waals surface area contributed by atoms with Crippen LogP contribution in [0.15, 0.2) is 0 Å². The third kappa shape index (κ3) is 4.94. The lowest BCUT2D eigenvalue weighted by Gasteiger charge is -2.17. The summed E-state index contributed by atoms with van der Waals surface area (Å²) in [4.78, 5) is 0. The maximum Gasteiger partial charge on any atom is 0.0671 e. The molecule has 0 aromatic rings. The topological polar surface area (TPSA) is 30.5 Å². The lowest BCUT2D eigenvalue weighted by Crippen LogP contribution is -2.32. The van der Waals surface area contributed by atoms with Gasteiger partial charge in [-0.2, -0.15) is 0 Å². The van der Waals surface area contributed by atoms with E-state index in [2.05, 4.69) is 26.1 Å². The first kappa shape index (κ1) is 12.0. The molecule has 1 fully saturated rings. The Morgan fingerprint density at radius 1 is 1.43 bits per heavy atom. The summed E-state index contributed by atoms with van der Waals surface area (Å²) < 4.78 is 11.0. The lowest BCUT2D eigenvalue weighted by molar-refractivity contribution is 0.0360. The van der Waals surface area contributed by atoms with Crippen LogP contribution in [0.25, 0.3) is 0 Å². The molecule has 14 heavy (non-hydrogen) atoms. The van der Waals surface area contributed by atoms with Gasteiger partial charge in [-0.05, 0) is 13.3 Å². The molecule has 0 saturated carbocycles. The summed E-state index contributed by atoms with van der Waals surface area (Å²) in [5.74, 6) is 0.622. The number of ether oxygens (including phenoxy) is 2. The van der Waals surface area contributed by atoms with Gasteiger partial charge in [-0.1, -0.05) is 13.8 Å². The van der Waals surface area contributed by atoms with Crippen LogP contribution in [0.3, 0.4) is 0 Å². The molecule has 0 aromatic heterocycles. The van der Waals surface area contributed by atoms with Gasteiger partial charge in [0, 0.05) is 25.1 Å². The highest BCUT2D eigenvalue weighted by Crippen LogP contribution is 2.12. The van der Waals surface area contributed by atoms with Crippen LogP contribution in [-0.4, -0.2) is 38.5 Å². The van der Waals surface area contributed by atoms with Crippen molar-refractivity contribution in [1.82, 2.24) is 5.32 Å². The van der Waals surface area contributed by atoms with Crippen LogP contribution in [0.5, 0.6) is 0 Å². The molecular formula is C11H23NO2. The Bertz CT molecular complexity index is 144. The first-order valence-corrected chi connectivity index (χ1v) is 5.61. The molecule has 0 amide bonds. The standard InChI is InChI=1S/C11H23NO2/c1-9(2)12-6-10(3)14-8-11-4-5-13-7-11/h9-12H,4-8H2,1-3H3. The van der Waals surface area contributed by atoms with Gasteiger partial charge < -0.3 is 14.8 Å². The van der Waals surface area contributed by atoms with Crippen molar-refractivity contribution >= 4 is 0 Å². The largest absolute Gasteiger partial charge is 0.381 e. The molecule has 0 spiro atoms. The van der Waals surface area contributed by atoms with Crippen LogP contribution in [0.1, 0.15) is 27.2 Å². The molecule has 0 radical (unpaired) electrons. The van der Waals surface area contributed by atoms with Gasteiger partial charge in [0.15, 0.2) is 0 Å². The van der Waals surface area contributed by atoms with Gasteiger partial charge in [0.2, 0.25) is 0 Å². The van der Waals surface area contributed by atoms with E-state index in [4.69, 9.17) is 9.47 Å². The third-order valence-electron chi connectivity index (χ3n) is 2.45. The predicted octanol–water partition coefficient (Wildman–Crippen LogP) is 1.43. The van der Waals surface area contributed by atoms with Crippen molar-refractivity contribution in [3.8, 4) is 0 Å². The molecule has 3 nitrogen and oxygen atoms in total.